The number of hydrogen-bond donors (Lipinski definition) is 1. The van der Waals surface area contributed by atoms with E-state index in [0.717, 1.165) is 43.5 Å². The van der Waals surface area contributed by atoms with Crippen LogP contribution in [-0.2, 0) is 4.79 Å². The summed E-state index contributed by atoms with van der Waals surface area (Å²) in [7, 11) is 0. The van der Waals surface area contributed by atoms with Crippen molar-refractivity contribution in [2.75, 3.05) is 5.32 Å². The first-order valence-corrected chi connectivity index (χ1v) is 9.64. The maximum Gasteiger partial charge on any atom is 0.234 e. The zero-order valence-electron chi connectivity index (χ0n) is 15.0. The molecule has 0 bridgehead atoms. The van der Waals surface area contributed by atoms with Crippen LogP contribution in [0.15, 0.2) is 54.2 Å². The van der Waals surface area contributed by atoms with Gasteiger partial charge in [0.1, 0.15) is 0 Å². The Morgan fingerprint density at radius 2 is 2.12 bits per heavy atom. The van der Waals surface area contributed by atoms with Gasteiger partial charge in [0.05, 0.1) is 5.41 Å². The predicted octanol–water partition coefficient (Wildman–Crippen LogP) is 5.66. The van der Waals surface area contributed by atoms with Crippen LogP contribution in [-0.4, -0.2) is 10.9 Å². The highest BCUT2D eigenvalue weighted by molar-refractivity contribution is 6.30. The van der Waals surface area contributed by atoms with Gasteiger partial charge in [-0.25, -0.2) is 0 Å². The number of carbonyl (C=O) groups is 1. The second-order valence-corrected chi connectivity index (χ2v) is 7.91. The van der Waals surface area contributed by atoms with Crippen LogP contribution in [0.5, 0.6) is 0 Å². The lowest BCUT2D eigenvalue weighted by atomic mass is 9.79. The molecule has 0 radical (unpaired) electrons. The number of nitrogens with zero attached hydrogens (tertiary/aromatic N) is 1. The van der Waals surface area contributed by atoms with E-state index < -0.39 is 0 Å². The minimum Gasteiger partial charge on any atom is -0.325 e. The molecule has 1 saturated carbocycles. The molecule has 0 aliphatic heterocycles. The molecular weight excluding hydrogens is 344 g/mol. The van der Waals surface area contributed by atoms with Crippen molar-refractivity contribution in [2.24, 2.45) is 5.41 Å². The quantitative estimate of drug-likeness (QED) is 0.709. The Kier molecular flexibility index (Phi) is 4.58. The molecular formula is C22H23ClN2O. The van der Waals surface area contributed by atoms with Crippen LogP contribution < -0.4 is 5.32 Å². The Balaban J connectivity index is 1.46. The van der Waals surface area contributed by atoms with Gasteiger partial charge >= 0.3 is 0 Å². The molecule has 0 saturated heterocycles. The highest BCUT2D eigenvalue weighted by Gasteiger charge is 2.52. The van der Waals surface area contributed by atoms with E-state index >= 15 is 0 Å². The molecule has 1 unspecified atom stereocenters. The largest absolute Gasteiger partial charge is 0.325 e. The number of benzene rings is 1. The van der Waals surface area contributed by atoms with Crippen LogP contribution in [0.25, 0.3) is 0 Å². The minimum atomic E-state index is -0.290. The first-order chi connectivity index (χ1) is 12.6. The van der Waals surface area contributed by atoms with E-state index in [9.17, 15) is 4.79 Å². The lowest BCUT2D eigenvalue weighted by molar-refractivity contribution is -0.120. The fourth-order valence-electron chi connectivity index (χ4n) is 4.03. The van der Waals surface area contributed by atoms with E-state index in [1.54, 1.807) is 6.07 Å². The van der Waals surface area contributed by atoms with Crippen LogP contribution in [0.4, 0.5) is 5.69 Å². The SMILES string of the molecule is Cc1cc(C2CC=C(C3(C(=O)Nc4cccc(Cl)c4)CC3)CC2)ccn1. The molecule has 1 atom stereocenters. The number of aryl methyl sites for hydroxylation is 1. The van der Waals surface area contributed by atoms with Gasteiger partial charge in [0.15, 0.2) is 0 Å². The lowest BCUT2D eigenvalue weighted by Crippen LogP contribution is -2.27. The summed E-state index contributed by atoms with van der Waals surface area (Å²) < 4.78 is 0. The maximum atomic E-state index is 12.9. The second kappa shape index (κ2) is 6.88. The smallest absolute Gasteiger partial charge is 0.234 e. The van der Waals surface area contributed by atoms with E-state index in [1.165, 1.54) is 11.1 Å². The summed E-state index contributed by atoms with van der Waals surface area (Å²) in [6.45, 7) is 2.03. The second-order valence-electron chi connectivity index (χ2n) is 7.48. The summed E-state index contributed by atoms with van der Waals surface area (Å²) in [5.41, 5.74) is 4.23. The van der Waals surface area contributed by atoms with Crippen LogP contribution in [0, 0.1) is 12.3 Å². The first kappa shape index (κ1) is 17.3. The molecule has 4 rings (SSSR count). The van der Waals surface area contributed by atoms with Gasteiger partial charge in [0.25, 0.3) is 0 Å². The number of allylic oxidation sites excluding steroid dienone is 1. The number of amides is 1. The normalized spacial score (nSPS) is 21.0. The molecule has 4 heteroatoms. The average molecular weight is 367 g/mol. The van der Waals surface area contributed by atoms with Crippen molar-refractivity contribution in [3.63, 3.8) is 0 Å². The fourth-order valence-corrected chi connectivity index (χ4v) is 4.22. The van der Waals surface area contributed by atoms with Gasteiger partial charge in [-0.15, -0.1) is 0 Å². The van der Waals surface area contributed by atoms with Gasteiger partial charge in [0.2, 0.25) is 5.91 Å². The van der Waals surface area contributed by atoms with E-state index in [0.29, 0.717) is 10.9 Å². The van der Waals surface area contributed by atoms with Crippen molar-refractivity contribution < 1.29 is 4.79 Å². The zero-order valence-corrected chi connectivity index (χ0v) is 15.7. The molecule has 1 N–H and O–H groups in total. The third kappa shape index (κ3) is 3.41. The van der Waals surface area contributed by atoms with Crippen molar-refractivity contribution in [3.05, 3.63) is 70.5 Å². The number of nitrogens with one attached hydrogen (secondary N) is 1. The Hall–Kier alpha value is -2.13. The van der Waals surface area contributed by atoms with Crippen molar-refractivity contribution >= 4 is 23.2 Å². The zero-order chi connectivity index (χ0) is 18.1. The summed E-state index contributed by atoms with van der Waals surface area (Å²) in [6, 6.07) is 11.7. The molecule has 1 aromatic heterocycles. The Morgan fingerprint density at radius 3 is 2.77 bits per heavy atom. The molecule has 1 amide bonds. The molecule has 1 fully saturated rings. The summed E-state index contributed by atoms with van der Waals surface area (Å²) >= 11 is 6.03. The number of halogens is 1. The number of carbonyl (C=O) groups excluding carboxylic acids is 1. The van der Waals surface area contributed by atoms with E-state index in [4.69, 9.17) is 11.6 Å². The lowest BCUT2D eigenvalue weighted by Gasteiger charge is -2.27. The van der Waals surface area contributed by atoms with Gasteiger partial charge in [0, 0.05) is 22.6 Å². The number of rotatable bonds is 4. The molecule has 0 spiro atoms. The van der Waals surface area contributed by atoms with E-state index in [2.05, 4.69) is 28.5 Å². The van der Waals surface area contributed by atoms with Crippen LogP contribution in [0.2, 0.25) is 5.02 Å². The van der Waals surface area contributed by atoms with Crippen LogP contribution >= 0.6 is 11.6 Å². The molecule has 2 aliphatic carbocycles. The number of anilines is 1. The summed E-state index contributed by atoms with van der Waals surface area (Å²) in [5.74, 6) is 0.650. The van der Waals surface area contributed by atoms with Gasteiger partial charge in [-0.3, -0.25) is 9.78 Å². The topological polar surface area (TPSA) is 42.0 Å². The van der Waals surface area contributed by atoms with Crippen molar-refractivity contribution in [2.45, 2.75) is 44.9 Å². The molecule has 2 aliphatic rings. The molecule has 134 valence electrons. The number of pyridine rings is 1. The van der Waals surface area contributed by atoms with Gasteiger partial charge in [-0.05, 0) is 80.8 Å². The Morgan fingerprint density at radius 1 is 1.27 bits per heavy atom. The third-order valence-corrected chi connectivity index (χ3v) is 5.92. The molecule has 1 aromatic carbocycles. The summed E-state index contributed by atoms with van der Waals surface area (Å²) in [5, 5.41) is 3.70. The van der Waals surface area contributed by atoms with Crippen molar-refractivity contribution in [3.8, 4) is 0 Å². The Labute approximate surface area is 159 Å². The highest BCUT2D eigenvalue weighted by atomic mass is 35.5. The van der Waals surface area contributed by atoms with Gasteiger partial charge in [-0.2, -0.15) is 0 Å². The van der Waals surface area contributed by atoms with Crippen LogP contribution in [0.1, 0.15) is 49.3 Å². The average Bonchev–Trinajstić information content (AvgIpc) is 3.44. The molecule has 3 nitrogen and oxygen atoms in total. The molecule has 26 heavy (non-hydrogen) atoms. The van der Waals surface area contributed by atoms with Crippen molar-refractivity contribution in [1.29, 1.82) is 0 Å². The van der Waals surface area contributed by atoms with E-state index in [-0.39, 0.29) is 11.3 Å². The minimum absolute atomic E-state index is 0.115. The highest BCUT2D eigenvalue weighted by Crippen LogP contribution is 2.56. The monoisotopic (exact) mass is 366 g/mol. The van der Waals surface area contributed by atoms with Crippen molar-refractivity contribution in [1.82, 2.24) is 4.98 Å². The standard InChI is InChI=1S/C22H23ClN2O/c1-15-13-17(9-12-24-15)16-5-7-18(8-6-16)22(10-11-22)21(26)25-20-4-2-3-19(23)14-20/h2-4,7,9,12-14,16H,5-6,8,10-11H2,1H3,(H,25,26). The summed E-state index contributed by atoms with van der Waals surface area (Å²) in [6.07, 6.45) is 9.20. The number of hydrogen-bond acceptors (Lipinski definition) is 2. The fraction of sp³-hybridized carbons (Fsp3) is 0.364. The molecule has 2 aromatic rings. The first-order valence-electron chi connectivity index (χ1n) is 9.26. The predicted molar refractivity (Wildman–Crippen MR) is 105 cm³/mol. The third-order valence-electron chi connectivity index (χ3n) is 5.68. The van der Waals surface area contributed by atoms with Crippen LogP contribution in [0.3, 0.4) is 0 Å². The maximum absolute atomic E-state index is 12.9. The summed E-state index contributed by atoms with van der Waals surface area (Å²) in [4.78, 5) is 17.2. The van der Waals surface area contributed by atoms with Gasteiger partial charge in [-0.1, -0.05) is 29.3 Å². The molecule has 1 heterocycles. The van der Waals surface area contributed by atoms with E-state index in [1.807, 2.05) is 31.3 Å². The van der Waals surface area contributed by atoms with Gasteiger partial charge < -0.3 is 5.32 Å². The number of aromatic nitrogens is 1. The Bertz CT molecular complexity index is 870.